The van der Waals surface area contributed by atoms with Crippen molar-refractivity contribution in [2.75, 3.05) is 0 Å². The van der Waals surface area contributed by atoms with Gasteiger partial charge in [-0.15, -0.1) is 0 Å². The first-order valence-corrected chi connectivity index (χ1v) is 5.25. The van der Waals surface area contributed by atoms with Gasteiger partial charge in [-0.2, -0.15) is 0 Å². The predicted molar refractivity (Wildman–Crippen MR) is 55.7 cm³/mol. The van der Waals surface area contributed by atoms with Crippen LogP contribution in [-0.4, -0.2) is 0 Å². The van der Waals surface area contributed by atoms with Crippen LogP contribution in [0.1, 0.15) is 30.9 Å². The molecule has 1 unspecified atom stereocenters. The summed E-state index contributed by atoms with van der Waals surface area (Å²) in [6.45, 7) is 0. The third-order valence-corrected chi connectivity index (χ3v) is 2.99. The van der Waals surface area contributed by atoms with E-state index in [-0.39, 0.29) is 11.9 Å². The Kier molecular flexibility index (Phi) is 2.75. The normalized spacial score (nSPS) is 18.2. The molecular formula is C11H13ClFN. The molecule has 2 rings (SSSR count). The lowest BCUT2D eigenvalue weighted by Crippen LogP contribution is -2.11. The van der Waals surface area contributed by atoms with Crippen LogP contribution < -0.4 is 5.73 Å². The molecule has 0 radical (unpaired) electrons. The van der Waals surface area contributed by atoms with E-state index in [2.05, 4.69) is 0 Å². The van der Waals surface area contributed by atoms with E-state index >= 15 is 0 Å². The van der Waals surface area contributed by atoms with E-state index in [1.165, 1.54) is 25.0 Å². The summed E-state index contributed by atoms with van der Waals surface area (Å²) in [6.07, 6.45) is 3.42. The molecule has 1 atom stereocenters. The Bertz CT molecular complexity index is 336. The van der Waals surface area contributed by atoms with Crippen molar-refractivity contribution < 1.29 is 4.39 Å². The molecule has 1 aromatic carbocycles. The molecule has 1 fully saturated rings. The van der Waals surface area contributed by atoms with Gasteiger partial charge < -0.3 is 5.73 Å². The van der Waals surface area contributed by atoms with Gasteiger partial charge in [0.25, 0.3) is 0 Å². The molecule has 0 amide bonds. The van der Waals surface area contributed by atoms with Crippen molar-refractivity contribution in [1.29, 1.82) is 0 Å². The maximum atomic E-state index is 12.9. The molecule has 1 saturated carbocycles. The molecule has 1 nitrogen and oxygen atoms in total. The van der Waals surface area contributed by atoms with Crippen molar-refractivity contribution in [3.8, 4) is 0 Å². The summed E-state index contributed by atoms with van der Waals surface area (Å²) in [5.74, 6) is 0.458. The first-order valence-electron chi connectivity index (χ1n) is 4.87. The van der Waals surface area contributed by atoms with Crippen LogP contribution in [0.15, 0.2) is 18.2 Å². The maximum Gasteiger partial charge on any atom is 0.123 e. The van der Waals surface area contributed by atoms with Crippen molar-refractivity contribution in [3.05, 3.63) is 34.6 Å². The molecule has 0 bridgehead atoms. The Morgan fingerprint density at radius 2 is 2.21 bits per heavy atom. The Labute approximate surface area is 88.1 Å². The molecule has 0 heterocycles. The lowest BCUT2D eigenvalue weighted by atomic mass is 10.0. The lowest BCUT2D eigenvalue weighted by molar-refractivity contribution is 0.583. The zero-order chi connectivity index (χ0) is 10.1. The Hall–Kier alpha value is -0.600. The molecule has 0 saturated heterocycles. The van der Waals surface area contributed by atoms with E-state index in [1.54, 1.807) is 6.07 Å². The standard InChI is InChI=1S/C11H13ClFN/c12-10-4-3-8(13)6-9(10)11(14)5-7-1-2-7/h3-4,6-7,11H,1-2,5,14H2. The van der Waals surface area contributed by atoms with Gasteiger partial charge in [-0.1, -0.05) is 24.4 Å². The monoisotopic (exact) mass is 213 g/mol. The van der Waals surface area contributed by atoms with E-state index in [9.17, 15) is 4.39 Å². The van der Waals surface area contributed by atoms with Gasteiger partial charge in [0, 0.05) is 11.1 Å². The minimum absolute atomic E-state index is 0.120. The molecule has 1 aliphatic rings. The highest BCUT2D eigenvalue weighted by Crippen LogP contribution is 2.38. The number of rotatable bonds is 3. The SMILES string of the molecule is NC(CC1CC1)c1cc(F)ccc1Cl. The molecule has 0 spiro atoms. The summed E-state index contributed by atoms with van der Waals surface area (Å²) in [5.41, 5.74) is 6.69. The van der Waals surface area contributed by atoms with Crippen molar-refractivity contribution in [2.24, 2.45) is 11.7 Å². The van der Waals surface area contributed by atoms with E-state index in [0.717, 1.165) is 17.9 Å². The van der Waals surface area contributed by atoms with Crippen molar-refractivity contribution in [3.63, 3.8) is 0 Å². The van der Waals surface area contributed by atoms with Gasteiger partial charge in [-0.25, -0.2) is 4.39 Å². The van der Waals surface area contributed by atoms with Gasteiger partial charge in [0.2, 0.25) is 0 Å². The van der Waals surface area contributed by atoms with E-state index in [1.807, 2.05) is 0 Å². The zero-order valence-corrected chi connectivity index (χ0v) is 8.60. The minimum atomic E-state index is -0.268. The predicted octanol–water partition coefficient (Wildman–Crippen LogP) is 3.28. The number of nitrogens with two attached hydrogens (primary N) is 1. The highest BCUT2D eigenvalue weighted by atomic mass is 35.5. The fraction of sp³-hybridized carbons (Fsp3) is 0.455. The van der Waals surface area contributed by atoms with E-state index in [4.69, 9.17) is 17.3 Å². The molecule has 1 aromatic rings. The Morgan fingerprint density at radius 3 is 2.86 bits per heavy atom. The van der Waals surface area contributed by atoms with Crippen molar-refractivity contribution in [1.82, 2.24) is 0 Å². The van der Waals surface area contributed by atoms with Gasteiger partial charge in [-0.3, -0.25) is 0 Å². The van der Waals surface area contributed by atoms with Gasteiger partial charge in [0.05, 0.1) is 0 Å². The first-order chi connectivity index (χ1) is 6.66. The highest BCUT2D eigenvalue weighted by Gasteiger charge is 2.25. The third kappa shape index (κ3) is 2.25. The lowest BCUT2D eigenvalue weighted by Gasteiger charge is -2.12. The second-order valence-corrected chi connectivity index (χ2v) is 4.36. The van der Waals surface area contributed by atoms with Crippen molar-refractivity contribution in [2.45, 2.75) is 25.3 Å². The smallest absolute Gasteiger partial charge is 0.123 e. The summed E-state index contributed by atoms with van der Waals surface area (Å²) in [7, 11) is 0. The number of benzene rings is 1. The summed E-state index contributed by atoms with van der Waals surface area (Å²) in [4.78, 5) is 0. The van der Waals surface area contributed by atoms with E-state index in [0.29, 0.717) is 5.02 Å². The largest absolute Gasteiger partial charge is 0.324 e. The molecule has 1 aliphatic carbocycles. The number of hydrogen-bond donors (Lipinski definition) is 1. The average Bonchev–Trinajstić information content (AvgIpc) is 2.93. The quantitative estimate of drug-likeness (QED) is 0.820. The summed E-state index contributed by atoms with van der Waals surface area (Å²) < 4.78 is 12.9. The number of hydrogen-bond acceptors (Lipinski definition) is 1. The Morgan fingerprint density at radius 1 is 1.50 bits per heavy atom. The van der Waals surface area contributed by atoms with Crippen LogP contribution in [0, 0.1) is 11.7 Å². The van der Waals surface area contributed by atoms with Gasteiger partial charge in [0.15, 0.2) is 0 Å². The van der Waals surface area contributed by atoms with Gasteiger partial charge in [0.1, 0.15) is 5.82 Å². The summed E-state index contributed by atoms with van der Waals surface area (Å²) >= 11 is 5.95. The fourth-order valence-corrected chi connectivity index (χ4v) is 1.90. The first kappa shape index (κ1) is 9.94. The third-order valence-electron chi connectivity index (χ3n) is 2.64. The summed E-state index contributed by atoms with van der Waals surface area (Å²) in [6, 6.07) is 4.25. The second kappa shape index (κ2) is 3.87. The van der Waals surface area contributed by atoms with Crippen LogP contribution in [0.3, 0.4) is 0 Å². The molecule has 2 N–H and O–H groups in total. The fourth-order valence-electron chi connectivity index (χ4n) is 1.64. The average molecular weight is 214 g/mol. The maximum absolute atomic E-state index is 12.9. The van der Waals surface area contributed by atoms with Gasteiger partial charge in [-0.05, 0) is 36.1 Å². The number of halogens is 2. The molecule has 0 aliphatic heterocycles. The van der Waals surface area contributed by atoms with Crippen LogP contribution >= 0.6 is 11.6 Å². The zero-order valence-electron chi connectivity index (χ0n) is 7.84. The molecular weight excluding hydrogens is 201 g/mol. The van der Waals surface area contributed by atoms with Crippen molar-refractivity contribution >= 4 is 11.6 Å². The van der Waals surface area contributed by atoms with Crippen LogP contribution in [0.25, 0.3) is 0 Å². The van der Waals surface area contributed by atoms with Crippen LogP contribution in [0.5, 0.6) is 0 Å². The highest BCUT2D eigenvalue weighted by molar-refractivity contribution is 6.31. The molecule has 14 heavy (non-hydrogen) atoms. The van der Waals surface area contributed by atoms with E-state index < -0.39 is 0 Å². The summed E-state index contributed by atoms with van der Waals surface area (Å²) in [5, 5.41) is 0.569. The van der Waals surface area contributed by atoms with Crippen LogP contribution in [0.4, 0.5) is 4.39 Å². The molecule has 76 valence electrons. The molecule has 3 heteroatoms. The van der Waals surface area contributed by atoms with Crippen LogP contribution in [0.2, 0.25) is 5.02 Å². The Balaban J connectivity index is 2.15. The second-order valence-electron chi connectivity index (χ2n) is 3.95. The van der Waals surface area contributed by atoms with Gasteiger partial charge >= 0.3 is 0 Å². The molecule has 0 aromatic heterocycles. The minimum Gasteiger partial charge on any atom is -0.324 e. The topological polar surface area (TPSA) is 26.0 Å². The van der Waals surface area contributed by atoms with Crippen LogP contribution in [-0.2, 0) is 0 Å².